The van der Waals surface area contributed by atoms with Crippen LogP contribution in [0, 0.1) is 5.82 Å². The number of carbonyl (C=O) groups is 1. The van der Waals surface area contributed by atoms with E-state index in [4.69, 9.17) is 9.40 Å². The van der Waals surface area contributed by atoms with E-state index in [1.807, 2.05) is 12.4 Å². The van der Waals surface area contributed by atoms with E-state index in [0.717, 1.165) is 49.9 Å². The highest BCUT2D eigenvalue weighted by atomic mass is 32.1. The summed E-state index contributed by atoms with van der Waals surface area (Å²) in [6, 6.07) is 9.57. The highest BCUT2D eigenvalue weighted by molar-refractivity contribution is 7.75. The fourth-order valence-electron chi connectivity index (χ4n) is 4.24. The van der Waals surface area contributed by atoms with E-state index in [2.05, 4.69) is 38.9 Å². The second kappa shape index (κ2) is 9.42. The molecule has 1 aliphatic rings. The number of hydrogen-bond acceptors (Lipinski definition) is 8. The van der Waals surface area contributed by atoms with E-state index in [1.165, 1.54) is 6.07 Å². The lowest BCUT2D eigenvalue weighted by Gasteiger charge is -2.30. The average Bonchev–Trinajstić information content (AvgIpc) is 3.32. The maximum Gasteiger partial charge on any atom is 0.350 e. The van der Waals surface area contributed by atoms with Crippen LogP contribution in [0.25, 0.3) is 22.2 Å². The van der Waals surface area contributed by atoms with E-state index in [1.54, 1.807) is 24.3 Å². The molecule has 0 bridgehead atoms. The molecule has 2 aromatic carbocycles. The Hall–Kier alpha value is -3.46. The molecular weight excluding hydrogens is 455 g/mol. The molecule has 34 heavy (non-hydrogen) atoms. The topological polar surface area (TPSA) is 81.4 Å². The van der Waals surface area contributed by atoms with Crippen LogP contribution in [-0.2, 0) is 10.6 Å². The summed E-state index contributed by atoms with van der Waals surface area (Å²) < 4.78 is 25.0. The SMILES string of the molecule is CCc1cnc(N2CCC(c3nc4cc(-c5ccc(C(=O)OS)cc5F)ccc4o3)CC2)nc1. The average molecular weight is 479 g/mol. The first kappa shape index (κ1) is 22.3. The van der Waals surface area contributed by atoms with E-state index in [9.17, 15) is 9.18 Å². The van der Waals surface area contributed by atoms with Crippen molar-refractivity contribution in [2.75, 3.05) is 18.0 Å². The van der Waals surface area contributed by atoms with Crippen LogP contribution in [0.4, 0.5) is 10.3 Å². The zero-order valence-electron chi connectivity index (χ0n) is 18.6. The monoisotopic (exact) mass is 478 g/mol. The summed E-state index contributed by atoms with van der Waals surface area (Å²) in [4.78, 5) is 27.4. The van der Waals surface area contributed by atoms with Gasteiger partial charge in [-0.15, -0.1) is 0 Å². The number of halogens is 1. The summed E-state index contributed by atoms with van der Waals surface area (Å²) in [5.74, 6) is 0.419. The smallest absolute Gasteiger partial charge is 0.350 e. The molecule has 0 aliphatic carbocycles. The van der Waals surface area contributed by atoms with Gasteiger partial charge >= 0.3 is 5.97 Å². The second-order valence-electron chi connectivity index (χ2n) is 8.31. The lowest BCUT2D eigenvalue weighted by atomic mass is 9.97. The number of nitrogens with zero attached hydrogens (tertiary/aromatic N) is 4. The highest BCUT2D eigenvalue weighted by Gasteiger charge is 2.26. The maximum absolute atomic E-state index is 14.7. The Morgan fingerprint density at radius 3 is 2.62 bits per heavy atom. The van der Waals surface area contributed by atoms with Crippen molar-refractivity contribution in [2.24, 2.45) is 0 Å². The van der Waals surface area contributed by atoms with Crippen LogP contribution in [0.5, 0.6) is 0 Å². The Bertz CT molecular complexity index is 1330. The molecule has 0 spiro atoms. The first-order valence-corrected chi connectivity index (χ1v) is 11.5. The zero-order chi connectivity index (χ0) is 23.7. The maximum atomic E-state index is 14.7. The largest absolute Gasteiger partial charge is 0.440 e. The molecule has 0 saturated carbocycles. The molecule has 3 heterocycles. The number of oxazole rings is 1. The summed E-state index contributed by atoms with van der Waals surface area (Å²) in [6.45, 7) is 3.74. The van der Waals surface area contributed by atoms with Crippen LogP contribution in [0.1, 0.15) is 47.5 Å². The fourth-order valence-corrected chi connectivity index (χ4v) is 4.34. The van der Waals surface area contributed by atoms with E-state index in [0.29, 0.717) is 28.1 Å². The van der Waals surface area contributed by atoms with Gasteiger partial charge in [0.1, 0.15) is 11.3 Å². The zero-order valence-corrected chi connectivity index (χ0v) is 19.5. The van der Waals surface area contributed by atoms with E-state index < -0.39 is 11.8 Å². The molecule has 0 amide bonds. The molecule has 4 aromatic rings. The van der Waals surface area contributed by atoms with Gasteiger partial charge in [0.05, 0.1) is 5.56 Å². The minimum Gasteiger partial charge on any atom is -0.440 e. The van der Waals surface area contributed by atoms with Gasteiger partial charge in [0.2, 0.25) is 5.95 Å². The lowest BCUT2D eigenvalue weighted by molar-refractivity contribution is 0.0771. The second-order valence-corrected chi connectivity index (χ2v) is 8.50. The third kappa shape index (κ3) is 4.35. The third-order valence-corrected chi connectivity index (χ3v) is 6.40. The Morgan fingerprint density at radius 1 is 1.18 bits per heavy atom. The molecule has 9 heteroatoms. The number of aryl methyl sites for hydroxylation is 1. The van der Waals surface area contributed by atoms with Crippen molar-refractivity contribution in [3.8, 4) is 11.1 Å². The number of anilines is 1. The van der Waals surface area contributed by atoms with E-state index in [-0.39, 0.29) is 11.5 Å². The van der Waals surface area contributed by atoms with Gasteiger partial charge in [0.25, 0.3) is 0 Å². The predicted molar refractivity (Wildman–Crippen MR) is 129 cm³/mol. The summed E-state index contributed by atoms with van der Waals surface area (Å²) in [5.41, 5.74) is 3.57. The normalized spacial score (nSPS) is 14.5. The molecule has 5 rings (SSSR count). The number of rotatable bonds is 5. The Labute approximate surface area is 201 Å². The summed E-state index contributed by atoms with van der Waals surface area (Å²) in [6.07, 6.45) is 6.46. The fraction of sp³-hybridized carbons (Fsp3) is 0.280. The minimum atomic E-state index is -0.707. The number of thiol groups is 1. The molecule has 1 saturated heterocycles. The number of piperidine rings is 1. The van der Waals surface area contributed by atoms with Gasteiger partial charge < -0.3 is 13.5 Å². The Kier molecular flexibility index (Phi) is 6.19. The summed E-state index contributed by atoms with van der Waals surface area (Å²) >= 11 is 3.47. The van der Waals surface area contributed by atoms with Crippen LogP contribution < -0.4 is 4.90 Å². The Balaban J connectivity index is 1.32. The number of fused-ring (bicyclic) bond motifs is 1. The number of carbonyl (C=O) groups excluding carboxylic acids is 1. The van der Waals surface area contributed by atoms with Crippen LogP contribution in [-0.4, -0.2) is 34.0 Å². The van der Waals surface area contributed by atoms with Crippen LogP contribution in [0.2, 0.25) is 0 Å². The third-order valence-electron chi connectivity index (χ3n) is 6.23. The van der Waals surface area contributed by atoms with Crippen LogP contribution in [0.15, 0.2) is 53.2 Å². The minimum absolute atomic E-state index is 0.0964. The number of benzene rings is 2. The molecule has 0 N–H and O–H groups in total. The molecular formula is C25H23FN4O3S. The van der Waals surface area contributed by atoms with Gasteiger partial charge in [-0.2, -0.15) is 0 Å². The molecule has 0 atom stereocenters. The van der Waals surface area contributed by atoms with Gasteiger partial charge in [-0.3, -0.25) is 0 Å². The lowest BCUT2D eigenvalue weighted by Crippen LogP contribution is -2.34. The van der Waals surface area contributed by atoms with Crippen LogP contribution >= 0.6 is 12.9 Å². The van der Waals surface area contributed by atoms with Gasteiger partial charge in [0, 0.05) is 49.9 Å². The van der Waals surface area contributed by atoms with Gasteiger partial charge in [-0.1, -0.05) is 19.1 Å². The van der Waals surface area contributed by atoms with E-state index >= 15 is 0 Å². The van der Waals surface area contributed by atoms with Gasteiger partial charge in [-0.25, -0.2) is 24.1 Å². The van der Waals surface area contributed by atoms with Crippen molar-refractivity contribution >= 4 is 35.9 Å². The molecule has 0 unspecified atom stereocenters. The van der Waals surface area contributed by atoms with Gasteiger partial charge in [-0.05, 0) is 54.7 Å². The summed E-state index contributed by atoms with van der Waals surface area (Å²) in [7, 11) is 0. The highest BCUT2D eigenvalue weighted by Crippen LogP contribution is 2.33. The molecule has 0 radical (unpaired) electrons. The van der Waals surface area contributed by atoms with Crippen molar-refractivity contribution in [3.05, 3.63) is 71.6 Å². The number of aromatic nitrogens is 3. The van der Waals surface area contributed by atoms with Crippen LogP contribution in [0.3, 0.4) is 0 Å². The van der Waals surface area contributed by atoms with Crippen molar-refractivity contribution in [1.82, 2.24) is 15.0 Å². The first-order chi connectivity index (χ1) is 16.6. The van der Waals surface area contributed by atoms with Gasteiger partial charge in [0.15, 0.2) is 11.5 Å². The quantitative estimate of drug-likeness (QED) is 0.305. The van der Waals surface area contributed by atoms with Crippen molar-refractivity contribution in [3.63, 3.8) is 0 Å². The molecule has 1 fully saturated rings. The Morgan fingerprint density at radius 2 is 1.94 bits per heavy atom. The molecule has 2 aromatic heterocycles. The first-order valence-electron chi connectivity index (χ1n) is 11.2. The van der Waals surface area contributed by atoms with Crippen molar-refractivity contribution in [1.29, 1.82) is 0 Å². The molecule has 1 aliphatic heterocycles. The predicted octanol–water partition coefficient (Wildman–Crippen LogP) is 5.37. The standard InChI is InChI=1S/C25H23FN4O3S/c1-2-15-13-27-25(28-14-15)30-9-7-16(8-10-30)23-29-21-12-17(4-6-22(21)32-23)19-5-3-18(11-20(19)26)24(31)33-34/h3-6,11-14,16,34H,2,7-10H2,1H3. The number of hydrogen-bond donors (Lipinski definition) is 1. The molecule has 174 valence electrons. The molecule has 7 nitrogen and oxygen atoms in total. The van der Waals surface area contributed by atoms with Crippen molar-refractivity contribution < 1.29 is 17.8 Å². The van der Waals surface area contributed by atoms with Crippen molar-refractivity contribution in [2.45, 2.75) is 32.1 Å². The summed E-state index contributed by atoms with van der Waals surface area (Å²) in [5, 5.41) is 0.